The van der Waals surface area contributed by atoms with Crippen molar-refractivity contribution in [1.82, 2.24) is 0 Å². The molecular formula is C10H12ClNO4. The van der Waals surface area contributed by atoms with E-state index < -0.39 is 18.0 Å². The number of hydrogen-bond acceptors (Lipinski definition) is 5. The lowest BCUT2D eigenvalue weighted by molar-refractivity contribution is -0.234. The van der Waals surface area contributed by atoms with Crippen LogP contribution in [0.5, 0.6) is 0 Å². The molecule has 0 bridgehead atoms. The average Bonchev–Trinajstić information content (AvgIpc) is 2.26. The molecule has 1 rings (SSSR count). The van der Waals surface area contributed by atoms with Crippen LogP contribution < -0.4 is 5.73 Å². The fourth-order valence-corrected chi connectivity index (χ4v) is 0.777. The standard InChI is InChI=1S/C10H11NO4.ClH/c1-7(11)9(12)14-15-10(13)8-5-3-2-4-6-8;/h2-7H,11H2,1H3;1H/t7-;/m0./s1. The van der Waals surface area contributed by atoms with E-state index in [9.17, 15) is 9.59 Å². The third-order valence-electron chi connectivity index (χ3n) is 1.58. The van der Waals surface area contributed by atoms with Gasteiger partial charge in [-0.3, -0.25) is 0 Å². The summed E-state index contributed by atoms with van der Waals surface area (Å²) < 4.78 is 0. The van der Waals surface area contributed by atoms with Crippen molar-refractivity contribution in [3.63, 3.8) is 0 Å². The van der Waals surface area contributed by atoms with Crippen LogP contribution >= 0.6 is 12.4 Å². The van der Waals surface area contributed by atoms with E-state index in [4.69, 9.17) is 5.73 Å². The first kappa shape index (κ1) is 14.4. The van der Waals surface area contributed by atoms with Gasteiger partial charge in [0.05, 0.1) is 5.56 Å². The molecule has 0 fully saturated rings. The quantitative estimate of drug-likeness (QED) is 0.623. The zero-order valence-corrected chi connectivity index (χ0v) is 9.40. The normalized spacial score (nSPS) is 10.9. The number of halogens is 1. The molecule has 0 aliphatic heterocycles. The van der Waals surface area contributed by atoms with Crippen LogP contribution in [0.3, 0.4) is 0 Å². The molecule has 0 unspecified atom stereocenters. The first-order chi connectivity index (χ1) is 7.11. The van der Waals surface area contributed by atoms with Crippen LogP contribution in [0.1, 0.15) is 17.3 Å². The Hall–Kier alpha value is -1.59. The molecule has 0 radical (unpaired) electrons. The predicted molar refractivity (Wildman–Crippen MR) is 58.8 cm³/mol. The Bertz CT molecular complexity index is 353. The van der Waals surface area contributed by atoms with Gasteiger partial charge in [-0.1, -0.05) is 18.2 Å². The first-order valence-corrected chi connectivity index (χ1v) is 4.34. The van der Waals surface area contributed by atoms with Crippen LogP contribution in [0.15, 0.2) is 30.3 Å². The van der Waals surface area contributed by atoms with Gasteiger partial charge in [-0.05, 0) is 19.1 Å². The molecule has 0 spiro atoms. The minimum atomic E-state index is -0.825. The largest absolute Gasteiger partial charge is 0.386 e. The van der Waals surface area contributed by atoms with Crippen molar-refractivity contribution in [2.75, 3.05) is 0 Å². The molecule has 5 nitrogen and oxygen atoms in total. The molecule has 1 aromatic rings. The molecule has 1 aromatic carbocycles. The summed E-state index contributed by atoms with van der Waals surface area (Å²) in [5, 5.41) is 0. The summed E-state index contributed by atoms with van der Waals surface area (Å²) in [6.07, 6.45) is 0. The van der Waals surface area contributed by atoms with Gasteiger partial charge >= 0.3 is 11.9 Å². The molecule has 88 valence electrons. The van der Waals surface area contributed by atoms with Gasteiger partial charge in [0, 0.05) is 0 Å². The first-order valence-electron chi connectivity index (χ1n) is 4.34. The van der Waals surface area contributed by atoms with Crippen molar-refractivity contribution < 1.29 is 19.4 Å². The van der Waals surface area contributed by atoms with Crippen LogP contribution in [-0.2, 0) is 14.6 Å². The van der Waals surface area contributed by atoms with Gasteiger partial charge in [0.1, 0.15) is 6.04 Å². The molecular weight excluding hydrogens is 234 g/mol. The van der Waals surface area contributed by atoms with Gasteiger partial charge in [-0.2, -0.15) is 0 Å². The van der Waals surface area contributed by atoms with Crippen LogP contribution in [0.25, 0.3) is 0 Å². The zero-order chi connectivity index (χ0) is 11.3. The molecule has 0 amide bonds. The summed E-state index contributed by atoms with van der Waals surface area (Å²) in [6.45, 7) is 1.43. The SMILES string of the molecule is C[C@H](N)C(=O)OOC(=O)c1ccccc1.Cl. The Morgan fingerprint density at radius 2 is 1.75 bits per heavy atom. The molecule has 0 heterocycles. The molecule has 16 heavy (non-hydrogen) atoms. The summed E-state index contributed by atoms with van der Waals surface area (Å²) in [6, 6.07) is 7.36. The van der Waals surface area contributed by atoms with Gasteiger partial charge in [0.25, 0.3) is 0 Å². The number of benzene rings is 1. The summed E-state index contributed by atoms with van der Waals surface area (Å²) in [7, 11) is 0. The van der Waals surface area contributed by atoms with E-state index in [-0.39, 0.29) is 12.4 Å². The molecule has 0 aliphatic rings. The maximum atomic E-state index is 11.2. The lowest BCUT2D eigenvalue weighted by Crippen LogP contribution is -2.29. The molecule has 0 aromatic heterocycles. The Morgan fingerprint density at radius 3 is 2.25 bits per heavy atom. The highest BCUT2D eigenvalue weighted by atomic mass is 35.5. The van der Waals surface area contributed by atoms with Gasteiger partial charge < -0.3 is 5.73 Å². The Labute approximate surface area is 98.9 Å². The van der Waals surface area contributed by atoms with Crippen molar-refractivity contribution in [2.45, 2.75) is 13.0 Å². The number of carbonyl (C=O) groups is 2. The van der Waals surface area contributed by atoms with Crippen LogP contribution in [-0.4, -0.2) is 18.0 Å². The third-order valence-corrected chi connectivity index (χ3v) is 1.58. The maximum Gasteiger partial charge on any atom is 0.386 e. The van der Waals surface area contributed by atoms with E-state index in [1.807, 2.05) is 0 Å². The van der Waals surface area contributed by atoms with Gasteiger partial charge in [0.15, 0.2) is 0 Å². The highest BCUT2D eigenvalue weighted by Crippen LogP contribution is 2.01. The zero-order valence-electron chi connectivity index (χ0n) is 8.58. The van der Waals surface area contributed by atoms with Crippen LogP contribution in [0, 0.1) is 0 Å². The van der Waals surface area contributed by atoms with Crippen molar-refractivity contribution in [2.24, 2.45) is 5.73 Å². The Balaban J connectivity index is 0.00000225. The van der Waals surface area contributed by atoms with E-state index in [0.29, 0.717) is 5.56 Å². The molecule has 0 aliphatic carbocycles. The van der Waals surface area contributed by atoms with Gasteiger partial charge in [-0.25, -0.2) is 19.4 Å². The van der Waals surface area contributed by atoms with Crippen LogP contribution in [0.4, 0.5) is 0 Å². The number of hydrogen-bond donors (Lipinski definition) is 1. The van der Waals surface area contributed by atoms with Gasteiger partial charge in [-0.15, -0.1) is 12.4 Å². The molecule has 2 N–H and O–H groups in total. The van der Waals surface area contributed by atoms with Crippen molar-refractivity contribution >= 4 is 24.3 Å². The average molecular weight is 246 g/mol. The second-order valence-electron chi connectivity index (χ2n) is 2.93. The monoisotopic (exact) mass is 245 g/mol. The van der Waals surface area contributed by atoms with Crippen molar-refractivity contribution in [3.8, 4) is 0 Å². The smallest absolute Gasteiger partial charge is 0.319 e. The molecule has 6 heteroatoms. The van der Waals surface area contributed by atoms with E-state index >= 15 is 0 Å². The predicted octanol–water partition coefficient (Wildman–Crippen LogP) is 1.07. The maximum absolute atomic E-state index is 11.2. The molecule has 0 saturated carbocycles. The van der Waals surface area contributed by atoms with E-state index in [1.54, 1.807) is 30.3 Å². The lowest BCUT2D eigenvalue weighted by atomic mass is 10.2. The highest BCUT2D eigenvalue weighted by Gasteiger charge is 2.14. The topological polar surface area (TPSA) is 78.6 Å². The highest BCUT2D eigenvalue weighted by molar-refractivity contribution is 5.89. The second kappa shape index (κ2) is 6.81. The summed E-state index contributed by atoms with van der Waals surface area (Å²) in [5.41, 5.74) is 5.50. The minimum Gasteiger partial charge on any atom is -0.319 e. The van der Waals surface area contributed by atoms with Crippen molar-refractivity contribution in [3.05, 3.63) is 35.9 Å². The molecule has 0 saturated heterocycles. The third kappa shape index (κ3) is 4.29. The number of nitrogens with two attached hydrogens (primary N) is 1. The molecule has 1 atom stereocenters. The summed E-state index contributed by atoms with van der Waals surface area (Å²) in [4.78, 5) is 30.6. The van der Waals surface area contributed by atoms with Crippen molar-refractivity contribution in [1.29, 1.82) is 0 Å². The van der Waals surface area contributed by atoms with E-state index in [1.165, 1.54) is 6.92 Å². The minimum absolute atomic E-state index is 0. The van der Waals surface area contributed by atoms with Crippen LogP contribution in [0.2, 0.25) is 0 Å². The fraction of sp³-hybridized carbons (Fsp3) is 0.200. The summed E-state index contributed by atoms with van der Waals surface area (Å²) in [5.74, 6) is -1.52. The fourth-order valence-electron chi connectivity index (χ4n) is 0.777. The van der Waals surface area contributed by atoms with Gasteiger partial charge in [0.2, 0.25) is 0 Å². The van der Waals surface area contributed by atoms with E-state index in [0.717, 1.165) is 0 Å². The Morgan fingerprint density at radius 1 is 1.19 bits per heavy atom. The Kier molecular flexibility index (Phi) is 6.14. The van der Waals surface area contributed by atoms with E-state index in [2.05, 4.69) is 9.78 Å². The second-order valence-corrected chi connectivity index (χ2v) is 2.93. The number of rotatable bonds is 2. The summed E-state index contributed by atoms with van der Waals surface area (Å²) >= 11 is 0. The number of carbonyl (C=O) groups excluding carboxylic acids is 2. The lowest BCUT2D eigenvalue weighted by Gasteiger charge is -2.04.